The summed E-state index contributed by atoms with van der Waals surface area (Å²) in [6.45, 7) is 4.09. The first-order valence-electron chi connectivity index (χ1n) is 6.73. The molecule has 0 aromatic rings. The predicted molar refractivity (Wildman–Crippen MR) is 69.8 cm³/mol. The van der Waals surface area contributed by atoms with Crippen LogP contribution in [0.1, 0.15) is 71.6 Å². The summed E-state index contributed by atoms with van der Waals surface area (Å²) in [5, 5.41) is 0. The molecule has 1 atom stereocenters. The predicted octanol–water partition coefficient (Wildman–Crippen LogP) is 4.02. The van der Waals surface area contributed by atoms with Gasteiger partial charge in [-0.2, -0.15) is 0 Å². The summed E-state index contributed by atoms with van der Waals surface area (Å²) >= 11 is 0. The van der Waals surface area contributed by atoms with Crippen LogP contribution in [-0.2, 0) is 9.09 Å². The highest BCUT2D eigenvalue weighted by Crippen LogP contribution is 2.39. The Morgan fingerprint density at radius 2 is 1.53 bits per heavy atom. The second-order valence-electron chi connectivity index (χ2n) is 4.54. The molecule has 104 valence electrons. The maximum absolute atomic E-state index is 10.7. The van der Waals surface area contributed by atoms with Gasteiger partial charge in [-0.1, -0.05) is 58.8 Å². The first-order chi connectivity index (χ1) is 7.99. The van der Waals surface area contributed by atoms with Crippen LogP contribution in [0.25, 0.3) is 0 Å². The Morgan fingerprint density at radius 1 is 1.00 bits per heavy atom. The summed E-state index contributed by atoms with van der Waals surface area (Å²) in [6, 6.07) is 0. The molecule has 17 heavy (non-hydrogen) atoms. The van der Waals surface area contributed by atoms with Gasteiger partial charge in [0, 0.05) is 0 Å². The van der Waals surface area contributed by atoms with Crippen LogP contribution >= 0.6 is 7.82 Å². The molecular formula is C12H27O4P. The molecule has 0 saturated heterocycles. The summed E-state index contributed by atoms with van der Waals surface area (Å²) in [5.41, 5.74) is 0. The van der Waals surface area contributed by atoms with Gasteiger partial charge < -0.3 is 9.79 Å². The normalized spacial score (nSPS) is 13.9. The lowest BCUT2D eigenvalue weighted by atomic mass is 10.1. The van der Waals surface area contributed by atoms with E-state index in [1.54, 1.807) is 0 Å². The lowest BCUT2D eigenvalue weighted by Crippen LogP contribution is -2.09. The van der Waals surface area contributed by atoms with Crippen molar-refractivity contribution in [2.45, 2.75) is 77.7 Å². The molecule has 0 bridgehead atoms. The minimum Gasteiger partial charge on any atom is -0.303 e. The summed E-state index contributed by atoms with van der Waals surface area (Å²) < 4.78 is 15.4. The van der Waals surface area contributed by atoms with Gasteiger partial charge in [0.25, 0.3) is 0 Å². The van der Waals surface area contributed by atoms with Crippen LogP contribution in [0, 0.1) is 0 Å². The molecule has 0 fully saturated rings. The van der Waals surface area contributed by atoms with Crippen LogP contribution in [0.4, 0.5) is 0 Å². The smallest absolute Gasteiger partial charge is 0.303 e. The van der Waals surface area contributed by atoms with Crippen molar-refractivity contribution in [3.63, 3.8) is 0 Å². The van der Waals surface area contributed by atoms with Crippen molar-refractivity contribution in [1.82, 2.24) is 0 Å². The van der Waals surface area contributed by atoms with Crippen LogP contribution in [0.2, 0.25) is 0 Å². The molecule has 2 N–H and O–H groups in total. The standard InChI is InChI=1S/C12H27O4P/c1-3-5-6-7-8-9-10-11-12(4-2)16-17(13,14)15/h12H,3-11H2,1-2H3,(H2,13,14,15). The van der Waals surface area contributed by atoms with Gasteiger partial charge in [0.2, 0.25) is 0 Å². The van der Waals surface area contributed by atoms with Gasteiger partial charge >= 0.3 is 7.82 Å². The minimum atomic E-state index is -4.31. The van der Waals surface area contributed by atoms with E-state index in [9.17, 15) is 4.57 Å². The van der Waals surface area contributed by atoms with E-state index in [0.717, 1.165) is 19.3 Å². The Morgan fingerprint density at radius 3 is 2.00 bits per heavy atom. The zero-order valence-electron chi connectivity index (χ0n) is 11.1. The molecule has 0 spiro atoms. The lowest BCUT2D eigenvalue weighted by molar-refractivity contribution is 0.121. The third-order valence-electron chi connectivity index (χ3n) is 2.87. The molecule has 4 nitrogen and oxygen atoms in total. The Labute approximate surface area is 105 Å². The number of hydrogen-bond acceptors (Lipinski definition) is 2. The second kappa shape index (κ2) is 10.1. The Bertz CT molecular complexity index is 215. The van der Waals surface area contributed by atoms with E-state index in [1.165, 1.54) is 32.1 Å². The average Bonchev–Trinajstić information content (AvgIpc) is 2.24. The van der Waals surface area contributed by atoms with Gasteiger partial charge in [-0.05, 0) is 12.8 Å². The average molecular weight is 266 g/mol. The fraction of sp³-hybridized carbons (Fsp3) is 1.00. The van der Waals surface area contributed by atoms with Crippen molar-refractivity contribution >= 4 is 7.82 Å². The van der Waals surface area contributed by atoms with Gasteiger partial charge in [0.15, 0.2) is 0 Å². The fourth-order valence-electron chi connectivity index (χ4n) is 1.85. The molecule has 1 unspecified atom stereocenters. The van der Waals surface area contributed by atoms with Crippen LogP contribution in [0.15, 0.2) is 0 Å². The number of rotatable bonds is 11. The summed E-state index contributed by atoms with van der Waals surface area (Å²) in [5.74, 6) is 0. The van der Waals surface area contributed by atoms with E-state index in [-0.39, 0.29) is 6.10 Å². The third kappa shape index (κ3) is 12.4. The van der Waals surface area contributed by atoms with Gasteiger partial charge in [-0.3, -0.25) is 4.52 Å². The molecular weight excluding hydrogens is 239 g/mol. The maximum Gasteiger partial charge on any atom is 0.469 e. The molecule has 0 aromatic heterocycles. The Kier molecular flexibility index (Phi) is 10.1. The van der Waals surface area contributed by atoms with Crippen LogP contribution in [0.5, 0.6) is 0 Å². The molecule has 0 saturated carbocycles. The molecule has 0 rings (SSSR count). The van der Waals surface area contributed by atoms with Crippen LogP contribution in [0.3, 0.4) is 0 Å². The van der Waals surface area contributed by atoms with Crippen molar-refractivity contribution < 1.29 is 18.9 Å². The molecule has 0 amide bonds. The van der Waals surface area contributed by atoms with Gasteiger partial charge in [0.05, 0.1) is 6.10 Å². The summed E-state index contributed by atoms with van der Waals surface area (Å²) in [7, 11) is -4.31. The van der Waals surface area contributed by atoms with E-state index in [1.807, 2.05) is 6.92 Å². The lowest BCUT2D eigenvalue weighted by Gasteiger charge is -2.16. The van der Waals surface area contributed by atoms with Gasteiger partial charge in [-0.15, -0.1) is 0 Å². The van der Waals surface area contributed by atoms with Crippen molar-refractivity contribution in [2.24, 2.45) is 0 Å². The van der Waals surface area contributed by atoms with Crippen molar-refractivity contribution in [3.8, 4) is 0 Å². The van der Waals surface area contributed by atoms with E-state index in [2.05, 4.69) is 6.92 Å². The molecule has 0 aromatic carbocycles. The number of phosphoric ester groups is 1. The highest BCUT2D eigenvalue weighted by Gasteiger charge is 2.20. The SMILES string of the molecule is CCCCCCCCCC(CC)OP(=O)(O)O. The molecule has 5 heteroatoms. The summed E-state index contributed by atoms with van der Waals surface area (Å²) in [6.07, 6.45) is 9.56. The monoisotopic (exact) mass is 266 g/mol. The maximum atomic E-state index is 10.7. The molecule has 0 aliphatic heterocycles. The molecule has 0 heterocycles. The number of hydrogen-bond donors (Lipinski definition) is 2. The summed E-state index contributed by atoms with van der Waals surface area (Å²) in [4.78, 5) is 17.4. The molecule has 0 aliphatic rings. The van der Waals surface area contributed by atoms with E-state index < -0.39 is 7.82 Å². The first kappa shape index (κ1) is 17.1. The van der Waals surface area contributed by atoms with E-state index in [0.29, 0.717) is 6.42 Å². The first-order valence-corrected chi connectivity index (χ1v) is 8.26. The quantitative estimate of drug-likeness (QED) is 0.438. The number of unbranched alkanes of at least 4 members (excludes halogenated alkanes) is 6. The molecule has 0 aliphatic carbocycles. The topological polar surface area (TPSA) is 66.8 Å². The molecule has 0 radical (unpaired) electrons. The highest BCUT2D eigenvalue weighted by molar-refractivity contribution is 7.46. The van der Waals surface area contributed by atoms with Gasteiger partial charge in [0.1, 0.15) is 0 Å². The fourth-order valence-corrected chi connectivity index (χ4v) is 2.50. The minimum absolute atomic E-state index is 0.300. The van der Waals surface area contributed by atoms with Crippen molar-refractivity contribution in [1.29, 1.82) is 0 Å². The Hall–Kier alpha value is 0.110. The van der Waals surface area contributed by atoms with E-state index >= 15 is 0 Å². The Balaban J connectivity index is 3.47. The van der Waals surface area contributed by atoms with Crippen LogP contribution in [-0.4, -0.2) is 15.9 Å². The van der Waals surface area contributed by atoms with Crippen molar-refractivity contribution in [3.05, 3.63) is 0 Å². The van der Waals surface area contributed by atoms with Crippen LogP contribution < -0.4 is 0 Å². The second-order valence-corrected chi connectivity index (χ2v) is 5.73. The highest BCUT2D eigenvalue weighted by atomic mass is 31.2. The van der Waals surface area contributed by atoms with E-state index in [4.69, 9.17) is 14.3 Å². The zero-order chi connectivity index (χ0) is 13.1. The largest absolute Gasteiger partial charge is 0.469 e. The third-order valence-corrected chi connectivity index (χ3v) is 3.44. The van der Waals surface area contributed by atoms with Crippen molar-refractivity contribution in [2.75, 3.05) is 0 Å². The van der Waals surface area contributed by atoms with Gasteiger partial charge in [-0.25, -0.2) is 4.57 Å². The number of phosphoric acid groups is 1. The zero-order valence-corrected chi connectivity index (χ0v) is 12.0.